The Bertz CT molecular complexity index is 210. The third kappa shape index (κ3) is 2.55. The molecule has 76 valence electrons. The molecule has 0 spiro atoms. The first-order valence-corrected chi connectivity index (χ1v) is 4.24. The molecule has 0 aromatic carbocycles. The van der Waals surface area contributed by atoms with Gasteiger partial charge in [0.05, 0.1) is 6.54 Å². The molecule has 13 heavy (non-hydrogen) atoms. The van der Waals surface area contributed by atoms with Gasteiger partial charge in [-0.1, -0.05) is 0 Å². The van der Waals surface area contributed by atoms with Crippen LogP contribution in [0.3, 0.4) is 0 Å². The van der Waals surface area contributed by atoms with Gasteiger partial charge in [0.25, 0.3) is 0 Å². The number of amides is 1. The Morgan fingerprint density at radius 3 is 2.69 bits per heavy atom. The van der Waals surface area contributed by atoms with Crippen LogP contribution in [0.25, 0.3) is 0 Å². The number of alkyl halides is 1. The number of nitrogens with zero attached hydrogens (tertiary/aromatic N) is 2. The lowest BCUT2D eigenvalue weighted by Gasteiger charge is -2.23. The van der Waals surface area contributed by atoms with E-state index in [-0.39, 0.29) is 13.1 Å². The van der Waals surface area contributed by atoms with E-state index in [0.717, 1.165) is 4.90 Å². The van der Waals surface area contributed by atoms with Gasteiger partial charge in [-0.25, -0.2) is 9.18 Å². The Balaban J connectivity index is 2.51. The van der Waals surface area contributed by atoms with Crippen molar-refractivity contribution < 1.29 is 14.3 Å². The number of carboxylic acid groups (broad SMARTS) is 1. The number of hydrogen-bond donors (Lipinski definition) is 1. The molecule has 1 heterocycles. The fourth-order valence-electron chi connectivity index (χ4n) is 1.69. The fourth-order valence-corrected chi connectivity index (χ4v) is 1.69. The lowest BCUT2D eigenvalue weighted by Crippen LogP contribution is -2.39. The summed E-state index contributed by atoms with van der Waals surface area (Å²) in [4.78, 5) is 13.4. The first kappa shape index (κ1) is 10.2. The van der Waals surface area contributed by atoms with Crippen molar-refractivity contribution in [3.8, 4) is 0 Å². The van der Waals surface area contributed by atoms with E-state index >= 15 is 0 Å². The first-order chi connectivity index (χ1) is 5.93. The van der Waals surface area contributed by atoms with E-state index in [1.807, 2.05) is 0 Å². The molecule has 1 amide bonds. The maximum absolute atomic E-state index is 13.8. The molecule has 1 rings (SSSR count). The summed E-state index contributed by atoms with van der Waals surface area (Å²) in [5.41, 5.74) is -1.36. The molecule has 0 aromatic heterocycles. The highest BCUT2D eigenvalue weighted by Gasteiger charge is 2.40. The van der Waals surface area contributed by atoms with Crippen molar-refractivity contribution in [3.05, 3.63) is 0 Å². The molecule has 1 saturated heterocycles. The van der Waals surface area contributed by atoms with Crippen LogP contribution in [0, 0.1) is 0 Å². The van der Waals surface area contributed by atoms with Gasteiger partial charge in [0.1, 0.15) is 5.67 Å². The lowest BCUT2D eigenvalue weighted by molar-refractivity contribution is 0.113. The van der Waals surface area contributed by atoms with Crippen LogP contribution in [0.1, 0.15) is 6.42 Å². The van der Waals surface area contributed by atoms with E-state index in [1.165, 1.54) is 0 Å². The van der Waals surface area contributed by atoms with Crippen molar-refractivity contribution in [2.45, 2.75) is 12.1 Å². The Kier molecular flexibility index (Phi) is 2.75. The maximum atomic E-state index is 13.8. The molecule has 0 radical (unpaired) electrons. The molecule has 1 aliphatic rings. The zero-order valence-electron chi connectivity index (χ0n) is 7.96. The molecule has 1 atom stereocenters. The standard InChI is InChI=1S/C8H15FN2O2/c1-10(2)5-8(9)3-4-11(6-8)7(12)13/h3-6H2,1-2H3,(H,12,13)/t8-/m0/s1. The van der Waals surface area contributed by atoms with Crippen LogP contribution in [0.2, 0.25) is 0 Å². The molecule has 0 aliphatic carbocycles. The molecule has 1 N–H and O–H groups in total. The first-order valence-electron chi connectivity index (χ1n) is 4.24. The summed E-state index contributed by atoms with van der Waals surface area (Å²) in [6.45, 7) is 0.594. The minimum absolute atomic E-state index is 0.000509. The van der Waals surface area contributed by atoms with Gasteiger partial charge in [-0.15, -0.1) is 0 Å². The monoisotopic (exact) mass is 190 g/mol. The smallest absolute Gasteiger partial charge is 0.407 e. The number of likely N-dealkylation sites (tertiary alicyclic amines) is 1. The Morgan fingerprint density at radius 1 is 1.69 bits per heavy atom. The predicted molar refractivity (Wildman–Crippen MR) is 46.6 cm³/mol. The summed E-state index contributed by atoms with van der Waals surface area (Å²) in [5.74, 6) is 0. The minimum Gasteiger partial charge on any atom is -0.465 e. The number of carbonyl (C=O) groups is 1. The van der Waals surface area contributed by atoms with Crippen molar-refractivity contribution >= 4 is 6.09 Å². The molecule has 0 aromatic rings. The number of halogens is 1. The van der Waals surface area contributed by atoms with E-state index in [2.05, 4.69) is 0 Å². The second kappa shape index (κ2) is 3.49. The van der Waals surface area contributed by atoms with Crippen LogP contribution in [-0.2, 0) is 0 Å². The normalized spacial score (nSPS) is 28.5. The van der Waals surface area contributed by atoms with Gasteiger partial charge in [0, 0.05) is 19.5 Å². The summed E-state index contributed by atoms with van der Waals surface area (Å²) in [6, 6.07) is 0. The van der Waals surface area contributed by atoms with E-state index in [9.17, 15) is 9.18 Å². The molecular weight excluding hydrogens is 175 g/mol. The second-order valence-corrected chi connectivity index (χ2v) is 3.84. The quantitative estimate of drug-likeness (QED) is 0.695. The van der Waals surface area contributed by atoms with Crippen molar-refractivity contribution in [3.63, 3.8) is 0 Å². The third-order valence-corrected chi connectivity index (χ3v) is 2.17. The average molecular weight is 190 g/mol. The highest BCUT2D eigenvalue weighted by molar-refractivity contribution is 5.65. The van der Waals surface area contributed by atoms with E-state index in [0.29, 0.717) is 13.0 Å². The molecule has 0 unspecified atom stereocenters. The molecule has 4 nitrogen and oxygen atoms in total. The highest BCUT2D eigenvalue weighted by Crippen LogP contribution is 2.25. The van der Waals surface area contributed by atoms with Crippen LogP contribution in [0.5, 0.6) is 0 Å². The van der Waals surface area contributed by atoms with Crippen molar-refractivity contribution in [1.29, 1.82) is 0 Å². The summed E-state index contributed by atoms with van der Waals surface area (Å²) >= 11 is 0. The van der Waals surface area contributed by atoms with Crippen molar-refractivity contribution in [2.75, 3.05) is 33.7 Å². The summed E-state index contributed by atoms with van der Waals surface area (Å²) < 4.78 is 13.8. The van der Waals surface area contributed by atoms with Gasteiger partial charge in [-0.2, -0.15) is 0 Å². The molecule has 0 saturated carbocycles. The van der Waals surface area contributed by atoms with Crippen molar-refractivity contribution in [1.82, 2.24) is 9.80 Å². The Hall–Kier alpha value is -0.840. The van der Waals surface area contributed by atoms with Gasteiger partial charge in [0.2, 0.25) is 0 Å². The zero-order valence-corrected chi connectivity index (χ0v) is 7.96. The third-order valence-electron chi connectivity index (χ3n) is 2.17. The van der Waals surface area contributed by atoms with Crippen LogP contribution >= 0.6 is 0 Å². The second-order valence-electron chi connectivity index (χ2n) is 3.84. The number of rotatable bonds is 2. The summed E-state index contributed by atoms with van der Waals surface area (Å²) in [7, 11) is 3.56. The molecule has 5 heteroatoms. The average Bonchev–Trinajstić information content (AvgIpc) is 2.29. The molecular formula is C8H15FN2O2. The van der Waals surface area contributed by atoms with E-state index in [4.69, 9.17) is 5.11 Å². The zero-order chi connectivity index (χ0) is 10.1. The van der Waals surface area contributed by atoms with Crippen LogP contribution < -0.4 is 0 Å². The maximum Gasteiger partial charge on any atom is 0.407 e. The topological polar surface area (TPSA) is 43.8 Å². The van der Waals surface area contributed by atoms with Crippen LogP contribution in [0.15, 0.2) is 0 Å². The lowest BCUT2D eigenvalue weighted by atomic mass is 10.1. The number of hydrogen-bond acceptors (Lipinski definition) is 2. The Labute approximate surface area is 76.9 Å². The van der Waals surface area contributed by atoms with Gasteiger partial charge >= 0.3 is 6.09 Å². The van der Waals surface area contributed by atoms with Crippen LogP contribution in [0.4, 0.5) is 9.18 Å². The molecule has 0 bridgehead atoms. The van der Waals surface area contributed by atoms with Gasteiger partial charge in [-0.05, 0) is 14.1 Å². The van der Waals surface area contributed by atoms with E-state index in [1.54, 1.807) is 19.0 Å². The minimum atomic E-state index is -1.36. The fraction of sp³-hybridized carbons (Fsp3) is 0.875. The SMILES string of the molecule is CN(C)C[C@@]1(F)CCN(C(=O)O)C1. The highest BCUT2D eigenvalue weighted by atomic mass is 19.1. The summed E-state index contributed by atoms with van der Waals surface area (Å²) in [6.07, 6.45) is -0.726. The van der Waals surface area contributed by atoms with Gasteiger partial charge < -0.3 is 14.9 Å². The largest absolute Gasteiger partial charge is 0.465 e. The molecule has 1 fully saturated rings. The van der Waals surface area contributed by atoms with Crippen LogP contribution in [-0.4, -0.2) is 60.4 Å². The predicted octanol–water partition coefficient (Wildman–Crippen LogP) is 0.640. The van der Waals surface area contributed by atoms with Crippen molar-refractivity contribution in [2.24, 2.45) is 0 Å². The van der Waals surface area contributed by atoms with Gasteiger partial charge in [-0.3, -0.25) is 0 Å². The Morgan fingerprint density at radius 2 is 2.31 bits per heavy atom. The van der Waals surface area contributed by atoms with E-state index < -0.39 is 11.8 Å². The summed E-state index contributed by atoms with van der Waals surface area (Å²) in [5, 5.41) is 8.63. The van der Waals surface area contributed by atoms with Gasteiger partial charge in [0.15, 0.2) is 0 Å². The molecule has 1 aliphatic heterocycles.